The molecule has 0 fully saturated rings. The van der Waals surface area contributed by atoms with E-state index in [9.17, 15) is 9.59 Å². The lowest BCUT2D eigenvalue weighted by Crippen LogP contribution is -2.30. The molecule has 0 aliphatic rings. The van der Waals surface area contributed by atoms with Crippen LogP contribution in [0.4, 0.5) is 0 Å². The summed E-state index contributed by atoms with van der Waals surface area (Å²) in [5.74, 6) is 0.306. The van der Waals surface area contributed by atoms with Gasteiger partial charge in [0.15, 0.2) is 6.61 Å². The first-order chi connectivity index (χ1) is 13.2. The summed E-state index contributed by atoms with van der Waals surface area (Å²) in [6.45, 7) is 2.00. The highest BCUT2D eigenvalue weighted by molar-refractivity contribution is 7.08. The van der Waals surface area contributed by atoms with Crippen molar-refractivity contribution in [1.82, 2.24) is 15.5 Å². The zero-order chi connectivity index (χ0) is 19.1. The van der Waals surface area contributed by atoms with E-state index in [-0.39, 0.29) is 24.9 Å². The van der Waals surface area contributed by atoms with E-state index in [1.54, 1.807) is 24.3 Å². The highest BCUT2D eigenvalue weighted by Gasteiger charge is 2.13. The van der Waals surface area contributed by atoms with E-state index in [0.29, 0.717) is 23.7 Å². The van der Waals surface area contributed by atoms with Crippen LogP contribution in [0.5, 0.6) is 5.75 Å². The Labute approximate surface area is 159 Å². The van der Waals surface area contributed by atoms with Crippen molar-refractivity contribution >= 4 is 23.2 Å². The molecule has 3 aromatic rings. The van der Waals surface area contributed by atoms with Gasteiger partial charge in [-0.25, -0.2) is 0 Å². The fourth-order valence-corrected chi connectivity index (χ4v) is 2.77. The van der Waals surface area contributed by atoms with Crippen molar-refractivity contribution in [2.45, 2.75) is 13.5 Å². The molecule has 140 valence electrons. The summed E-state index contributed by atoms with van der Waals surface area (Å²) in [6.07, 6.45) is 0. The normalized spacial score (nSPS) is 10.4. The number of ether oxygens (including phenoxy) is 2. The highest BCUT2D eigenvalue weighted by atomic mass is 32.1. The Balaban J connectivity index is 1.43. The molecule has 0 radical (unpaired) electrons. The summed E-state index contributed by atoms with van der Waals surface area (Å²) in [5.41, 5.74) is 1.26. The van der Waals surface area contributed by atoms with Gasteiger partial charge in [-0.05, 0) is 42.6 Å². The summed E-state index contributed by atoms with van der Waals surface area (Å²) in [5, 5.41) is 10.1. The maximum atomic E-state index is 12.0. The predicted octanol–water partition coefficient (Wildman–Crippen LogP) is 2.67. The third-order valence-electron chi connectivity index (χ3n) is 3.42. The lowest BCUT2D eigenvalue weighted by molar-refractivity contribution is -0.144. The smallest absolute Gasteiger partial charge is 0.325 e. The first-order valence-electron chi connectivity index (χ1n) is 8.17. The Morgan fingerprint density at radius 3 is 2.74 bits per heavy atom. The summed E-state index contributed by atoms with van der Waals surface area (Å²) in [7, 11) is 0. The summed E-state index contributed by atoms with van der Waals surface area (Å²) < 4.78 is 15.4. The van der Waals surface area contributed by atoms with Crippen LogP contribution in [0, 0.1) is 0 Å². The van der Waals surface area contributed by atoms with Crippen LogP contribution in [-0.4, -0.2) is 35.2 Å². The monoisotopic (exact) mass is 387 g/mol. The van der Waals surface area contributed by atoms with Gasteiger partial charge in [0.05, 0.1) is 6.61 Å². The van der Waals surface area contributed by atoms with Crippen molar-refractivity contribution in [3.05, 3.63) is 52.5 Å². The maximum Gasteiger partial charge on any atom is 0.325 e. The number of hydrogen-bond donors (Lipinski definition) is 1. The summed E-state index contributed by atoms with van der Waals surface area (Å²) >= 11 is 1.52. The van der Waals surface area contributed by atoms with Crippen LogP contribution < -0.4 is 10.1 Å². The van der Waals surface area contributed by atoms with E-state index in [2.05, 4.69) is 15.5 Å². The van der Waals surface area contributed by atoms with Crippen molar-refractivity contribution < 1.29 is 23.6 Å². The molecule has 0 atom stereocenters. The zero-order valence-electron chi connectivity index (χ0n) is 14.5. The lowest BCUT2D eigenvalue weighted by Gasteiger charge is -2.06. The Morgan fingerprint density at radius 1 is 1.22 bits per heavy atom. The third kappa shape index (κ3) is 5.14. The predicted molar refractivity (Wildman–Crippen MR) is 97.4 cm³/mol. The molecule has 1 N–H and O–H groups in total. The highest BCUT2D eigenvalue weighted by Crippen LogP contribution is 2.18. The minimum atomic E-state index is -0.607. The number of esters is 1. The fourth-order valence-electron chi connectivity index (χ4n) is 2.14. The van der Waals surface area contributed by atoms with Gasteiger partial charge in [0.25, 0.3) is 11.8 Å². The van der Waals surface area contributed by atoms with Crippen LogP contribution >= 0.6 is 11.3 Å². The third-order valence-corrected chi connectivity index (χ3v) is 4.11. The van der Waals surface area contributed by atoms with Crippen molar-refractivity contribution in [2.75, 3.05) is 13.2 Å². The molecule has 27 heavy (non-hydrogen) atoms. The van der Waals surface area contributed by atoms with Crippen LogP contribution in [0.2, 0.25) is 0 Å². The second kappa shape index (κ2) is 8.95. The second-order valence-corrected chi connectivity index (χ2v) is 6.10. The number of rotatable bonds is 8. The number of nitrogens with one attached hydrogen (secondary N) is 1. The largest absolute Gasteiger partial charge is 0.494 e. The van der Waals surface area contributed by atoms with Crippen molar-refractivity contribution in [2.24, 2.45) is 0 Å². The first-order valence-corrected chi connectivity index (χ1v) is 9.12. The van der Waals surface area contributed by atoms with Gasteiger partial charge < -0.3 is 19.3 Å². The quantitative estimate of drug-likeness (QED) is 0.593. The molecule has 9 heteroatoms. The van der Waals surface area contributed by atoms with Crippen molar-refractivity contribution in [3.63, 3.8) is 0 Å². The van der Waals surface area contributed by atoms with Gasteiger partial charge in [-0.1, -0.05) is 5.16 Å². The molecule has 2 heterocycles. The Morgan fingerprint density at radius 2 is 2.04 bits per heavy atom. The summed E-state index contributed by atoms with van der Waals surface area (Å²) in [4.78, 5) is 28.0. The molecule has 0 spiro atoms. The van der Waals surface area contributed by atoms with Crippen LogP contribution in [0.1, 0.15) is 23.2 Å². The molecule has 1 amide bonds. The van der Waals surface area contributed by atoms with Crippen LogP contribution in [0.15, 0.2) is 45.6 Å². The minimum Gasteiger partial charge on any atom is -0.494 e. The SMILES string of the molecule is CCOc1ccc(C(=O)NCC(=O)OCc2nc(-c3ccsc3)no2)cc1. The van der Waals surface area contributed by atoms with Crippen LogP contribution in [-0.2, 0) is 16.1 Å². The molecule has 0 saturated heterocycles. The number of thiophene rings is 1. The van der Waals surface area contributed by atoms with E-state index < -0.39 is 5.97 Å². The molecule has 0 bridgehead atoms. The van der Waals surface area contributed by atoms with Gasteiger partial charge in [-0.15, -0.1) is 0 Å². The molecular weight excluding hydrogens is 370 g/mol. The van der Waals surface area contributed by atoms with Crippen LogP contribution in [0.25, 0.3) is 11.4 Å². The molecule has 0 aliphatic heterocycles. The summed E-state index contributed by atoms with van der Waals surface area (Å²) in [6, 6.07) is 8.49. The number of carbonyl (C=O) groups excluding carboxylic acids is 2. The minimum absolute atomic E-state index is 0.158. The number of aromatic nitrogens is 2. The zero-order valence-corrected chi connectivity index (χ0v) is 15.3. The van der Waals surface area contributed by atoms with Gasteiger partial charge >= 0.3 is 5.97 Å². The fraction of sp³-hybridized carbons (Fsp3) is 0.222. The van der Waals surface area contributed by atoms with Crippen molar-refractivity contribution in [1.29, 1.82) is 0 Å². The molecule has 3 rings (SSSR count). The van der Waals surface area contributed by atoms with Crippen molar-refractivity contribution in [3.8, 4) is 17.1 Å². The Bertz CT molecular complexity index is 890. The number of hydrogen-bond acceptors (Lipinski definition) is 8. The van der Waals surface area contributed by atoms with Gasteiger partial charge in [-0.2, -0.15) is 16.3 Å². The van der Waals surface area contributed by atoms with E-state index >= 15 is 0 Å². The lowest BCUT2D eigenvalue weighted by atomic mass is 10.2. The molecule has 0 aliphatic carbocycles. The van der Waals surface area contributed by atoms with Gasteiger partial charge in [0, 0.05) is 16.5 Å². The average Bonchev–Trinajstić information content (AvgIpc) is 3.37. The van der Waals surface area contributed by atoms with Gasteiger partial charge in [0.2, 0.25) is 5.82 Å². The molecular formula is C18H17N3O5S. The number of benzene rings is 1. The standard InChI is InChI=1S/C18H17N3O5S/c1-2-24-14-5-3-12(4-6-14)18(23)19-9-16(22)25-10-15-20-17(21-26-15)13-7-8-27-11-13/h3-8,11H,2,9-10H2,1H3,(H,19,23). The maximum absolute atomic E-state index is 12.0. The topological polar surface area (TPSA) is 104 Å². The second-order valence-electron chi connectivity index (χ2n) is 5.32. The van der Waals surface area contributed by atoms with Gasteiger partial charge in [-0.3, -0.25) is 9.59 Å². The van der Waals surface area contributed by atoms with E-state index in [4.69, 9.17) is 14.0 Å². The molecule has 1 aromatic carbocycles. The first kappa shape index (κ1) is 18.6. The molecule has 0 unspecified atom stereocenters. The van der Waals surface area contributed by atoms with Crippen LogP contribution in [0.3, 0.4) is 0 Å². The van der Waals surface area contributed by atoms with Gasteiger partial charge in [0.1, 0.15) is 12.3 Å². The molecule has 8 nitrogen and oxygen atoms in total. The Hall–Kier alpha value is -3.20. The van der Waals surface area contributed by atoms with E-state index in [0.717, 1.165) is 5.56 Å². The average molecular weight is 387 g/mol. The molecule has 0 saturated carbocycles. The van der Waals surface area contributed by atoms with E-state index in [1.165, 1.54) is 11.3 Å². The number of carbonyl (C=O) groups is 2. The molecule has 2 aromatic heterocycles. The number of amides is 1. The van der Waals surface area contributed by atoms with E-state index in [1.807, 2.05) is 23.8 Å². The Kier molecular flexibility index (Phi) is 6.16. The number of nitrogens with zero attached hydrogens (tertiary/aromatic N) is 2.